The molecule has 2 aromatic rings. The molecule has 2 rings (SSSR count). The van der Waals surface area contributed by atoms with Gasteiger partial charge in [-0.25, -0.2) is 4.79 Å². The van der Waals surface area contributed by atoms with E-state index in [-0.39, 0.29) is 5.97 Å². The first kappa shape index (κ1) is 9.42. The smallest absolute Gasteiger partial charge is 0.339 e. The predicted molar refractivity (Wildman–Crippen MR) is 63.8 cm³/mol. The van der Waals surface area contributed by atoms with Crippen molar-refractivity contribution in [2.24, 2.45) is 0 Å². The van der Waals surface area contributed by atoms with Gasteiger partial charge in [0.25, 0.3) is 0 Å². The van der Waals surface area contributed by atoms with Gasteiger partial charge in [0.05, 0.1) is 16.7 Å². The predicted octanol–water partition coefficient (Wildman–Crippen LogP) is 3.35. The topological polar surface area (TPSA) is 26.3 Å². The summed E-state index contributed by atoms with van der Waals surface area (Å²) in [7, 11) is 1.41. The van der Waals surface area contributed by atoms with Crippen molar-refractivity contribution in [3.63, 3.8) is 0 Å². The highest BCUT2D eigenvalue weighted by atomic mass is 127. The first-order chi connectivity index (χ1) is 6.24. The number of thiophene rings is 2. The summed E-state index contributed by atoms with van der Waals surface area (Å²) in [6, 6.07) is 0. The fourth-order valence-electron chi connectivity index (χ4n) is 1.08. The van der Waals surface area contributed by atoms with E-state index in [9.17, 15) is 4.79 Å². The molecule has 0 N–H and O–H groups in total. The molecule has 0 aromatic carbocycles. The number of rotatable bonds is 1. The molecular weight excluding hydrogens is 319 g/mol. The molecule has 0 saturated carbocycles. The number of halogens is 1. The summed E-state index contributed by atoms with van der Waals surface area (Å²) in [6.45, 7) is 0. The third-order valence-electron chi connectivity index (χ3n) is 1.67. The first-order valence-corrected chi connectivity index (χ1v) is 6.30. The SMILES string of the molecule is COC(=O)c1csc2scc(I)c12. The van der Waals surface area contributed by atoms with E-state index < -0.39 is 0 Å². The van der Waals surface area contributed by atoms with Crippen LogP contribution in [0.15, 0.2) is 10.8 Å². The van der Waals surface area contributed by atoms with Gasteiger partial charge in [-0.2, -0.15) is 0 Å². The van der Waals surface area contributed by atoms with Gasteiger partial charge in [-0.1, -0.05) is 0 Å². The Labute approximate surface area is 96.7 Å². The van der Waals surface area contributed by atoms with E-state index in [2.05, 4.69) is 22.6 Å². The second kappa shape index (κ2) is 3.55. The molecule has 5 heteroatoms. The van der Waals surface area contributed by atoms with E-state index in [1.165, 1.54) is 11.1 Å². The molecule has 2 heterocycles. The summed E-state index contributed by atoms with van der Waals surface area (Å²) in [5, 5.41) is 4.95. The van der Waals surface area contributed by atoms with Crippen LogP contribution in [0.3, 0.4) is 0 Å². The minimum Gasteiger partial charge on any atom is -0.465 e. The highest BCUT2D eigenvalue weighted by Crippen LogP contribution is 2.35. The van der Waals surface area contributed by atoms with Crippen LogP contribution in [-0.2, 0) is 4.74 Å². The van der Waals surface area contributed by atoms with Crippen molar-refractivity contribution >= 4 is 60.6 Å². The molecule has 0 aliphatic heterocycles. The summed E-state index contributed by atoms with van der Waals surface area (Å²) >= 11 is 5.49. The highest BCUT2D eigenvalue weighted by Gasteiger charge is 2.15. The third-order valence-corrected chi connectivity index (χ3v) is 5.07. The maximum absolute atomic E-state index is 11.3. The number of esters is 1. The van der Waals surface area contributed by atoms with E-state index in [1.807, 2.05) is 10.8 Å². The van der Waals surface area contributed by atoms with Crippen LogP contribution in [0.1, 0.15) is 10.4 Å². The first-order valence-electron chi connectivity index (χ1n) is 3.46. The van der Waals surface area contributed by atoms with Crippen molar-refractivity contribution in [2.45, 2.75) is 0 Å². The second-order valence-corrected chi connectivity index (χ2v) is 5.57. The lowest BCUT2D eigenvalue weighted by atomic mass is 10.2. The zero-order valence-corrected chi connectivity index (χ0v) is 10.5. The summed E-state index contributed by atoms with van der Waals surface area (Å²) in [6.07, 6.45) is 0. The molecule has 0 aliphatic carbocycles. The Morgan fingerprint density at radius 1 is 1.46 bits per heavy atom. The molecule has 0 fully saturated rings. The average molecular weight is 324 g/mol. The van der Waals surface area contributed by atoms with Crippen LogP contribution in [0, 0.1) is 3.57 Å². The molecule has 0 unspecified atom stereocenters. The fraction of sp³-hybridized carbons (Fsp3) is 0.125. The van der Waals surface area contributed by atoms with Crippen molar-refractivity contribution in [2.75, 3.05) is 7.11 Å². The largest absolute Gasteiger partial charge is 0.465 e. The number of methoxy groups -OCH3 is 1. The molecule has 0 amide bonds. The van der Waals surface area contributed by atoms with Crippen LogP contribution < -0.4 is 0 Å². The van der Waals surface area contributed by atoms with Crippen LogP contribution in [0.25, 0.3) is 9.40 Å². The van der Waals surface area contributed by atoms with Crippen molar-refractivity contribution in [3.8, 4) is 0 Å². The third kappa shape index (κ3) is 1.49. The Morgan fingerprint density at radius 2 is 2.15 bits per heavy atom. The number of carbonyl (C=O) groups excluding carboxylic acids is 1. The maximum Gasteiger partial charge on any atom is 0.339 e. The van der Waals surface area contributed by atoms with Gasteiger partial charge >= 0.3 is 5.97 Å². The average Bonchev–Trinajstić information content (AvgIpc) is 2.68. The fourth-order valence-corrected chi connectivity index (χ4v) is 4.34. The van der Waals surface area contributed by atoms with E-state index in [1.54, 1.807) is 22.7 Å². The zero-order valence-electron chi connectivity index (χ0n) is 6.67. The molecule has 0 spiro atoms. The Morgan fingerprint density at radius 3 is 2.85 bits per heavy atom. The number of ether oxygens (including phenoxy) is 1. The quantitative estimate of drug-likeness (QED) is 0.594. The van der Waals surface area contributed by atoms with Gasteiger partial charge in [0.15, 0.2) is 0 Å². The van der Waals surface area contributed by atoms with Gasteiger partial charge in [0.1, 0.15) is 0 Å². The number of hydrogen-bond donors (Lipinski definition) is 0. The van der Waals surface area contributed by atoms with Crippen molar-refractivity contribution in [1.82, 2.24) is 0 Å². The lowest BCUT2D eigenvalue weighted by molar-refractivity contribution is 0.0603. The lowest BCUT2D eigenvalue weighted by Gasteiger charge is -1.94. The molecule has 0 radical (unpaired) electrons. The van der Waals surface area contributed by atoms with Crippen LogP contribution >= 0.6 is 45.3 Å². The number of carbonyl (C=O) groups is 1. The standard InChI is InChI=1S/C8H5IO2S2/c1-11-7(10)4-2-12-8-6(4)5(9)3-13-8/h2-3H,1H3. The van der Waals surface area contributed by atoms with Crippen LogP contribution in [0.5, 0.6) is 0 Å². The molecule has 0 bridgehead atoms. The van der Waals surface area contributed by atoms with E-state index in [0.29, 0.717) is 5.56 Å². The zero-order chi connectivity index (χ0) is 9.42. The molecule has 0 aliphatic rings. The van der Waals surface area contributed by atoms with Crippen molar-refractivity contribution in [3.05, 3.63) is 19.9 Å². The van der Waals surface area contributed by atoms with Gasteiger partial charge < -0.3 is 4.74 Å². The maximum atomic E-state index is 11.3. The van der Waals surface area contributed by atoms with Gasteiger partial charge in [-0.05, 0) is 22.6 Å². The normalized spacial score (nSPS) is 10.6. The summed E-state index contributed by atoms with van der Waals surface area (Å²) in [4.78, 5) is 11.3. The molecule has 2 nitrogen and oxygen atoms in total. The van der Waals surface area contributed by atoms with Gasteiger partial charge in [-0.15, -0.1) is 22.7 Å². The summed E-state index contributed by atoms with van der Waals surface area (Å²) in [5.74, 6) is -0.248. The van der Waals surface area contributed by atoms with E-state index in [4.69, 9.17) is 4.74 Å². The minimum atomic E-state index is -0.248. The number of fused-ring (bicyclic) bond motifs is 1. The van der Waals surface area contributed by atoms with Crippen molar-refractivity contribution in [1.29, 1.82) is 0 Å². The Hall–Kier alpha value is -0.140. The Bertz CT molecular complexity index is 458. The van der Waals surface area contributed by atoms with Crippen LogP contribution in [0.4, 0.5) is 0 Å². The molecular formula is C8H5IO2S2. The molecule has 68 valence electrons. The Kier molecular flexibility index (Phi) is 2.57. The Balaban J connectivity index is 2.68. The van der Waals surface area contributed by atoms with E-state index >= 15 is 0 Å². The molecule has 0 saturated heterocycles. The van der Waals surface area contributed by atoms with Crippen LogP contribution in [-0.4, -0.2) is 13.1 Å². The van der Waals surface area contributed by atoms with E-state index in [0.717, 1.165) is 8.96 Å². The molecule has 0 atom stereocenters. The van der Waals surface area contributed by atoms with Gasteiger partial charge in [-0.3, -0.25) is 0 Å². The summed E-state index contributed by atoms with van der Waals surface area (Å²) < 4.78 is 7.01. The highest BCUT2D eigenvalue weighted by molar-refractivity contribution is 14.1. The van der Waals surface area contributed by atoms with Crippen molar-refractivity contribution < 1.29 is 9.53 Å². The van der Waals surface area contributed by atoms with Crippen LogP contribution in [0.2, 0.25) is 0 Å². The molecule has 13 heavy (non-hydrogen) atoms. The van der Waals surface area contributed by atoms with Gasteiger partial charge in [0, 0.05) is 19.7 Å². The second-order valence-electron chi connectivity index (χ2n) is 2.39. The minimum absolute atomic E-state index is 0.248. The summed E-state index contributed by atoms with van der Waals surface area (Å²) in [5.41, 5.74) is 0.688. The monoisotopic (exact) mass is 324 g/mol. The lowest BCUT2D eigenvalue weighted by Crippen LogP contribution is -1.99. The van der Waals surface area contributed by atoms with Gasteiger partial charge in [0.2, 0.25) is 0 Å². The molecule has 2 aromatic heterocycles. The number of hydrogen-bond acceptors (Lipinski definition) is 4.